The van der Waals surface area contributed by atoms with Crippen LogP contribution in [0.5, 0.6) is 0 Å². The average Bonchev–Trinajstić information content (AvgIpc) is 2.29. The minimum Gasteiger partial charge on any atom is -0.389 e. The van der Waals surface area contributed by atoms with Gasteiger partial charge in [0.25, 0.3) is 0 Å². The standard InChI is InChI=1S/C14H23N3S/c1-11-6-7-13(12(10-11)14(15)18)16-8-4-5-9-17(2)3/h6-7,10,16H,4-5,8-9H2,1-3H3,(H2,15,18). The van der Waals surface area contributed by atoms with Crippen molar-refractivity contribution in [1.82, 2.24) is 4.90 Å². The van der Waals surface area contributed by atoms with Gasteiger partial charge < -0.3 is 16.0 Å². The monoisotopic (exact) mass is 265 g/mol. The van der Waals surface area contributed by atoms with Crippen LogP contribution >= 0.6 is 12.2 Å². The summed E-state index contributed by atoms with van der Waals surface area (Å²) in [4.78, 5) is 2.65. The van der Waals surface area contributed by atoms with Crippen LogP contribution < -0.4 is 11.1 Å². The number of rotatable bonds is 7. The predicted molar refractivity (Wildman–Crippen MR) is 83.3 cm³/mol. The Morgan fingerprint density at radius 1 is 1.33 bits per heavy atom. The Balaban J connectivity index is 2.49. The number of thiocarbonyl (C=S) groups is 1. The molecule has 0 saturated heterocycles. The second kappa shape index (κ2) is 7.34. The molecule has 3 N–H and O–H groups in total. The van der Waals surface area contributed by atoms with Crippen LogP contribution in [0.1, 0.15) is 24.0 Å². The largest absolute Gasteiger partial charge is 0.389 e. The second-order valence-electron chi connectivity index (χ2n) is 4.85. The number of anilines is 1. The van der Waals surface area contributed by atoms with Crippen LogP contribution in [-0.4, -0.2) is 37.1 Å². The molecule has 100 valence electrons. The van der Waals surface area contributed by atoms with Gasteiger partial charge in [-0.2, -0.15) is 0 Å². The summed E-state index contributed by atoms with van der Waals surface area (Å²) in [6.45, 7) is 4.12. The lowest BCUT2D eigenvalue weighted by atomic mass is 10.1. The fraction of sp³-hybridized carbons (Fsp3) is 0.500. The van der Waals surface area contributed by atoms with Crippen LogP contribution in [0, 0.1) is 6.92 Å². The van der Waals surface area contributed by atoms with Crippen molar-refractivity contribution in [1.29, 1.82) is 0 Å². The topological polar surface area (TPSA) is 41.3 Å². The van der Waals surface area contributed by atoms with Crippen LogP contribution in [0.3, 0.4) is 0 Å². The lowest BCUT2D eigenvalue weighted by Crippen LogP contribution is -2.16. The van der Waals surface area contributed by atoms with Gasteiger partial charge in [-0.1, -0.05) is 23.8 Å². The highest BCUT2D eigenvalue weighted by Crippen LogP contribution is 2.17. The zero-order valence-electron chi connectivity index (χ0n) is 11.5. The van der Waals surface area contributed by atoms with Crippen molar-refractivity contribution in [2.45, 2.75) is 19.8 Å². The van der Waals surface area contributed by atoms with E-state index in [0.717, 1.165) is 30.8 Å². The molecule has 0 aromatic heterocycles. The molecule has 0 aliphatic rings. The van der Waals surface area contributed by atoms with Crippen molar-refractivity contribution in [3.05, 3.63) is 29.3 Å². The first-order valence-corrected chi connectivity index (χ1v) is 6.70. The van der Waals surface area contributed by atoms with Gasteiger partial charge in [-0.05, 0) is 52.5 Å². The molecular weight excluding hydrogens is 242 g/mol. The molecule has 1 aromatic rings. The molecule has 0 amide bonds. The number of aryl methyl sites for hydroxylation is 1. The van der Waals surface area contributed by atoms with Gasteiger partial charge >= 0.3 is 0 Å². The number of nitrogens with zero attached hydrogens (tertiary/aromatic N) is 1. The number of unbranched alkanes of at least 4 members (excludes halogenated alkanes) is 1. The van der Waals surface area contributed by atoms with Crippen LogP contribution in [-0.2, 0) is 0 Å². The molecule has 0 atom stereocenters. The van der Waals surface area contributed by atoms with Crippen molar-refractivity contribution in [2.24, 2.45) is 5.73 Å². The number of nitrogens with one attached hydrogen (secondary N) is 1. The molecule has 0 unspecified atom stereocenters. The molecule has 0 spiro atoms. The number of benzene rings is 1. The maximum Gasteiger partial charge on any atom is 0.106 e. The molecule has 18 heavy (non-hydrogen) atoms. The Morgan fingerprint density at radius 2 is 2.06 bits per heavy atom. The molecule has 0 fully saturated rings. The number of hydrogen-bond donors (Lipinski definition) is 2. The first kappa shape index (κ1) is 14.9. The lowest BCUT2D eigenvalue weighted by molar-refractivity contribution is 0.396. The highest BCUT2D eigenvalue weighted by molar-refractivity contribution is 7.80. The third-order valence-electron chi connectivity index (χ3n) is 2.79. The summed E-state index contributed by atoms with van der Waals surface area (Å²) < 4.78 is 0. The normalized spacial score (nSPS) is 10.7. The minimum absolute atomic E-state index is 0.453. The van der Waals surface area contributed by atoms with Gasteiger partial charge in [0.2, 0.25) is 0 Å². The van der Waals surface area contributed by atoms with Crippen molar-refractivity contribution >= 4 is 22.9 Å². The van der Waals surface area contributed by atoms with Crippen LogP contribution in [0.15, 0.2) is 18.2 Å². The van der Waals surface area contributed by atoms with E-state index >= 15 is 0 Å². The second-order valence-corrected chi connectivity index (χ2v) is 5.29. The van der Waals surface area contributed by atoms with Gasteiger partial charge in [0.05, 0.1) is 0 Å². The molecule has 0 aliphatic heterocycles. The van der Waals surface area contributed by atoms with E-state index in [1.807, 2.05) is 13.0 Å². The summed E-state index contributed by atoms with van der Waals surface area (Å²) in [5.74, 6) is 0. The predicted octanol–water partition coefficient (Wildman–Crippen LogP) is 2.38. The van der Waals surface area contributed by atoms with E-state index in [1.54, 1.807) is 0 Å². The van der Waals surface area contributed by atoms with Gasteiger partial charge in [-0.3, -0.25) is 0 Å². The number of hydrogen-bond acceptors (Lipinski definition) is 3. The summed E-state index contributed by atoms with van der Waals surface area (Å²) in [5, 5.41) is 3.41. The van der Waals surface area contributed by atoms with Crippen molar-refractivity contribution < 1.29 is 0 Å². The quantitative estimate of drug-likeness (QED) is 0.587. The summed E-state index contributed by atoms with van der Waals surface area (Å²) in [6, 6.07) is 6.16. The highest BCUT2D eigenvalue weighted by atomic mass is 32.1. The number of nitrogens with two attached hydrogens (primary N) is 1. The van der Waals surface area contributed by atoms with E-state index < -0.39 is 0 Å². The van der Waals surface area contributed by atoms with Gasteiger partial charge in [0.15, 0.2) is 0 Å². The van der Waals surface area contributed by atoms with Gasteiger partial charge in [-0.25, -0.2) is 0 Å². The maximum atomic E-state index is 5.74. The van der Waals surface area contributed by atoms with Crippen LogP contribution in [0.4, 0.5) is 5.69 Å². The fourth-order valence-corrected chi connectivity index (χ4v) is 1.96. The zero-order chi connectivity index (χ0) is 13.5. The van der Waals surface area contributed by atoms with E-state index in [2.05, 4.69) is 36.4 Å². The highest BCUT2D eigenvalue weighted by Gasteiger charge is 2.04. The molecule has 0 saturated carbocycles. The first-order chi connectivity index (χ1) is 8.50. The van der Waals surface area contributed by atoms with Crippen molar-refractivity contribution in [3.8, 4) is 0 Å². The molecular formula is C14H23N3S. The molecule has 0 heterocycles. The Labute approximate surface area is 115 Å². The third kappa shape index (κ3) is 5.02. The van der Waals surface area contributed by atoms with Crippen molar-refractivity contribution in [3.63, 3.8) is 0 Å². The summed E-state index contributed by atoms with van der Waals surface area (Å²) >= 11 is 5.08. The zero-order valence-corrected chi connectivity index (χ0v) is 12.3. The Kier molecular flexibility index (Phi) is 6.09. The van der Waals surface area contributed by atoms with Crippen molar-refractivity contribution in [2.75, 3.05) is 32.5 Å². The average molecular weight is 265 g/mol. The third-order valence-corrected chi connectivity index (χ3v) is 3.01. The SMILES string of the molecule is Cc1ccc(NCCCCN(C)C)c(C(N)=S)c1. The van der Waals surface area contributed by atoms with Crippen LogP contribution in [0.25, 0.3) is 0 Å². The Morgan fingerprint density at radius 3 is 2.67 bits per heavy atom. The Hall–Kier alpha value is -1.13. The summed E-state index contributed by atoms with van der Waals surface area (Å²) in [7, 11) is 4.19. The first-order valence-electron chi connectivity index (χ1n) is 6.30. The van der Waals surface area contributed by atoms with E-state index in [1.165, 1.54) is 12.0 Å². The molecule has 0 radical (unpaired) electrons. The Bertz CT molecular complexity index is 402. The lowest BCUT2D eigenvalue weighted by Gasteiger charge is -2.13. The van der Waals surface area contributed by atoms with Gasteiger partial charge in [0.1, 0.15) is 4.99 Å². The summed E-state index contributed by atoms with van der Waals surface area (Å²) in [5.41, 5.74) is 8.90. The maximum absolute atomic E-state index is 5.74. The molecule has 1 aromatic carbocycles. The molecule has 0 aliphatic carbocycles. The smallest absolute Gasteiger partial charge is 0.106 e. The van der Waals surface area contributed by atoms with Gasteiger partial charge in [-0.15, -0.1) is 0 Å². The fourth-order valence-electron chi connectivity index (χ4n) is 1.79. The van der Waals surface area contributed by atoms with E-state index in [4.69, 9.17) is 18.0 Å². The van der Waals surface area contributed by atoms with E-state index in [9.17, 15) is 0 Å². The molecule has 3 nitrogen and oxygen atoms in total. The van der Waals surface area contributed by atoms with Gasteiger partial charge in [0, 0.05) is 17.8 Å². The molecule has 1 rings (SSSR count). The van der Waals surface area contributed by atoms with E-state index in [0.29, 0.717) is 4.99 Å². The molecule has 4 heteroatoms. The van der Waals surface area contributed by atoms with Crippen LogP contribution in [0.2, 0.25) is 0 Å². The van der Waals surface area contributed by atoms with E-state index in [-0.39, 0.29) is 0 Å². The molecule has 0 bridgehead atoms. The summed E-state index contributed by atoms with van der Waals surface area (Å²) in [6.07, 6.45) is 2.33. The minimum atomic E-state index is 0.453.